The van der Waals surface area contributed by atoms with Crippen molar-refractivity contribution in [2.75, 3.05) is 11.9 Å². The number of sulfone groups is 1. The van der Waals surface area contributed by atoms with Crippen LogP contribution in [-0.4, -0.2) is 20.5 Å². The average molecular weight is 311 g/mol. The maximum atomic E-state index is 13.1. The number of benzene rings is 1. The van der Waals surface area contributed by atoms with Gasteiger partial charge >= 0.3 is 5.51 Å². The second-order valence-electron chi connectivity index (χ2n) is 4.77. The molecule has 0 atom stereocenters. The molecule has 0 radical (unpaired) electrons. The van der Waals surface area contributed by atoms with Gasteiger partial charge in [-0.2, -0.15) is 13.2 Å². The normalized spacial score (nSPS) is 16.8. The van der Waals surface area contributed by atoms with Crippen molar-refractivity contribution in [1.82, 2.24) is 0 Å². The lowest BCUT2D eigenvalue weighted by Gasteiger charge is -2.26. The summed E-state index contributed by atoms with van der Waals surface area (Å²) in [5.41, 5.74) is -5.66. The van der Waals surface area contributed by atoms with E-state index >= 15 is 0 Å². The first kappa shape index (κ1) is 15.1. The quantitative estimate of drug-likeness (QED) is 0.868. The molecule has 0 aliphatic heterocycles. The fourth-order valence-corrected chi connectivity index (χ4v) is 2.89. The van der Waals surface area contributed by atoms with Crippen LogP contribution >= 0.6 is 0 Å². The lowest BCUT2D eigenvalue weighted by molar-refractivity contribution is -0.0435. The molecule has 0 saturated heterocycles. The molecule has 0 spiro atoms. The van der Waals surface area contributed by atoms with E-state index in [0.29, 0.717) is 18.5 Å². The molecule has 1 N–H and O–H groups in total. The zero-order valence-electron chi connectivity index (χ0n) is 10.4. The summed E-state index contributed by atoms with van der Waals surface area (Å²) >= 11 is 0. The van der Waals surface area contributed by atoms with E-state index in [9.17, 15) is 26.0 Å². The molecule has 0 bridgehead atoms. The van der Waals surface area contributed by atoms with Crippen LogP contribution in [0.15, 0.2) is 23.1 Å². The van der Waals surface area contributed by atoms with Crippen LogP contribution in [0.5, 0.6) is 0 Å². The Kier molecular flexibility index (Phi) is 3.95. The average Bonchev–Trinajstić information content (AvgIpc) is 2.27. The number of anilines is 1. The van der Waals surface area contributed by atoms with E-state index in [-0.39, 0.29) is 5.69 Å². The molecular weight excluding hydrogens is 298 g/mol. The van der Waals surface area contributed by atoms with Crippen molar-refractivity contribution in [2.24, 2.45) is 5.92 Å². The van der Waals surface area contributed by atoms with Crippen LogP contribution in [0.1, 0.15) is 19.3 Å². The maximum Gasteiger partial charge on any atom is 0.501 e. The molecule has 0 heterocycles. The fraction of sp³-hybridized carbons (Fsp3) is 0.500. The molecule has 1 aromatic rings. The third-order valence-electron chi connectivity index (χ3n) is 3.34. The zero-order valence-corrected chi connectivity index (χ0v) is 11.2. The Morgan fingerprint density at radius 2 is 1.90 bits per heavy atom. The SMILES string of the molecule is O=S(=O)(c1cc(F)ccc1NCC1CCC1)C(F)(F)F. The molecule has 1 aliphatic rings. The second kappa shape index (κ2) is 5.23. The van der Waals surface area contributed by atoms with Gasteiger partial charge in [0, 0.05) is 6.54 Å². The van der Waals surface area contributed by atoms with Crippen molar-refractivity contribution in [1.29, 1.82) is 0 Å². The number of hydrogen-bond acceptors (Lipinski definition) is 3. The van der Waals surface area contributed by atoms with Crippen LogP contribution < -0.4 is 5.32 Å². The van der Waals surface area contributed by atoms with Crippen molar-refractivity contribution in [3.8, 4) is 0 Å². The van der Waals surface area contributed by atoms with Crippen molar-refractivity contribution >= 4 is 15.5 Å². The van der Waals surface area contributed by atoms with Crippen LogP contribution in [0.2, 0.25) is 0 Å². The van der Waals surface area contributed by atoms with Gasteiger partial charge < -0.3 is 5.32 Å². The molecule has 1 aliphatic carbocycles. The highest BCUT2D eigenvalue weighted by molar-refractivity contribution is 7.92. The number of halogens is 4. The monoisotopic (exact) mass is 311 g/mol. The summed E-state index contributed by atoms with van der Waals surface area (Å²) in [7, 11) is -5.57. The smallest absolute Gasteiger partial charge is 0.384 e. The molecule has 2 rings (SSSR count). The lowest BCUT2D eigenvalue weighted by Crippen LogP contribution is -2.26. The summed E-state index contributed by atoms with van der Waals surface area (Å²) < 4.78 is 73.6. The summed E-state index contributed by atoms with van der Waals surface area (Å²) in [6, 6.07) is 2.34. The number of alkyl halides is 3. The van der Waals surface area contributed by atoms with Gasteiger partial charge in [-0.1, -0.05) is 6.42 Å². The van der Waals surface area contributed by atoms with Gasteiger partial charge in [-0.3, -0.25) is 0 Å². The number of rotatable bonds is 4. The Hall–Kier alpha value is -1.31. The summed E-state index contributed by atoms with van der Waals surface area (Å²) in [6.07, 6.45) is 2.97. The number of nitrogens with one attached hydrogen (secondary N) is 1. The highest BCUT2D eigenvalue weighted by Crippen LogP contribution is 2.35. The van der Waals surface area contributed by atoms with E-state index in [0.717, 1.165) is 31.4 Å². The molecule has 0 aromatic heterocycles. The van der Waals surface area contributed by atoms with Gasteiger partial charge in [0.2, 0.25) is 0 Å². The van der Waals surface area contributed by atoms with Crippen LogP contribution in [0, 0.1) is 11.7 Å². The van der Waals surface area contributed by atoms with E-state index in [1.807, 2.05) is 0 Å². The summed E-state index contributed by atoms with van der Waals surface area (Å²) in [6.45, 7) is 0.381. The first-order valence-corrected chi connectivity index (χ1v) is 7.55. The van der Waals surface area contributed by atoms with Crippen molar-refractivity contribution in [2.45, 2.75) is 29.7 Å². The Morgan fingerprint density at radius 3 is 2.40 bits per heavy atom. The van der Waals surface area contributed by atoms with Crippen LogP contribution in [0.4, 0.5) is 23.2 Å². The van der Waals surface area contributed by atoms with Gasteiger partial charge in [-0.05, 0) is 37.0 Å². The molecule has 8 heteroatoms. The standard InChI is InChI=1S/C12H13F4NO2S/c13-9-4-5-10(17-7-8-2-1-3-8)11(6-9)20(18,19)12(14,15)16/h4-6,8,17H,1-3,7H2. The van der Waals surface area contributed by atoms with Crippen LogP contribution in [-0.2, 0) is 9.84 Å². The Bertz CT molecular complexity index is 594. The minimum atomic E-state index is -5.57. The summed E-state index contributed by atoms with van der Waals surface area (Å²) in [4.78, 5) is -1.07. The first-order valence-electron chi connectivity index (χ1n) is 6.06. The molecule has 1 saturated carbocycles. The summed E-state index contributed by atoms with van der Waals surface area (Å²) in [5, 5.41) is 2.67. The first-order chi connectivity index (χ1) is 9.22. The van der Waals surface area contributed by atoms with E-state index < -0.39 is 26.1 Å². The predicted octanol–water partition coefficient (Wildman–Crippen LogP) is 3.33. The fourth-order valence-electron chi connectivity index (χ4n) is 1.94. The molecular formula is C12H13F4NO2S. The molecule has 3 nitrogen and oxygen atoms in total. The van der Waals surface area contributed by atoms with E-state index in [4.69, 9.17) is 0 Å². The van der Waals surface area contributed by atoms with Crippen LogP contribution in [0.3, 0.4) is 0 Å². The molecule has 1 fully saturated rings. The lowest BCUT2D eigenvalue weighted by atomic mass is 9.85. The number of hydrogen-bond donors (Lipinski definition) is 1. The molecule has 0 amide bonds. The van der Waals surface area contributed by atoms with Crippen molar-refractivity contribution in [3.63, 3.8) is 0 Å². The summed E-state index contributed by atoms with van der Waals surface area (Å²) in [5.74, 6) is -0.705. The molecule has 112 valence electrons. The Morgan fingerprint density at radius 1 is 1.25 bits per heavy atom. The predicted molar refractivity (Wildman–Crippen MR) is 65.5 cm³/mol. The highest BCUT2D eigenvalue weighted by Gasteiger charge is 2.48. The minimum Gasteiger partial charge on any atom is -0.384 e. The van der Waals surface area contributed by atoms with Gasteiger partial charge in [0.05, 0.1) is 5.69 Å². The topological polar surface area (TPSA) is 46.2 Å². The maximum absolute atomic E-state index is 13.1. The Labute approximate surface area is 113 Å². The van der Waals surface area contributed by atoms with Gasteiger partial charge in [0.1, 0.15) is 10.7 Å². The van der Waals surface area contributed by atoms with Gasteiger partial charge in [-0.15, -0.1) is 0 Å². The zero-order chi connectivity index (χ0) is 15.0. The molecule has 0 unspecified atom stereocenters. The third kappa shape index (κ3) is 2.89. The minimum absolute atomic E-state index is 0.212. The van der Waals surface area contributed by atoms with Gasteiger partial charge in [0.15, 0.2) is 0 Å². The van der Waals surface area contributed by atoms with E-state index in [2.05, 4.69) is 5.32 Å². The van der Waals surface area contributed by atoms with Crippen molar-refractivity contribution in [3.05, 3.63) is 24.0 Å². The van der Waals surface area contributed by atoms with Gasteiger partial charge in [-0.25, -0.2) is 12.8 Å². The molecule has 20 heavy (non-hydrogen) atoms. The second-order valence-corrected chi connectivity index (χ2v) is 6.68. The largest absolute Gasteiger partial charge is 0.501 e. The van der Waals surface area contributed by atoms with E-state index in [1.54, 1.807) is 0 Å². The third-order valence-corrected chi connectivity index (χ3v) is 4.87. The van der Waals surface area contributed by atoms with Crippen LogP contribution in [0.25, 0.3) is 0 Å². The van der Waals surface area contributed by atoms with Gasteiger partial charge in [0.25, 0.3) is 9.84 Å². The van der Waals surface area contributed by atoms with Crippen molar-refractivity contribution < 1.29 is 26.0 Å². The van der Waals surface area contributed by atoms with E-state index in [1.165, 1.54) is 0 Å². The highest BCUT2D eigenvalue weighted by atomic mass is 32.2. The molecule has 1 aromatic carbocycles. The Balaban J connectivity index is 2.32.